The van der Waals surface area contributed by atoms with Crippen LogP contribution in [0.2, 0.25) is 0 Å². The monoisotopic (exact) mass is 291 g/mol. The number of H-pyrrole nitrogens is 1. The zero-order valence-corrected chi connectivity index (χ0v) is 13.3. The molecule has 3 heterocycles. The van der Waals surface area contributed by atoms with Crippen LogP contribution in [0.1, 0.15) is 57.7 Å². The third-order valence-electron chi connectivity index (χ3n) is 4.97. The Morgan fingerprint density at radius 1 is 1.19 bits per heavy atom. The van der Waals surface area contributed by atoms with E-state index < -0.39 is 0 Å². The van der Waals surface area contributed by atoms with Crippen LogP contribution >= 0.6 is 0 Å². The van der Waals surface area contributed by atoms with Crippen molar-refractivity contribution in [2.45, 2.75) is 64.3 Å². The molecule has 0 amide bonds. The summed E-state index contributed by atoms with van der Waals surface area (Å²) in [7, 11) is 0. The van der Waals surface area contributed by atoms with Crippen LogP contribution in [0.4, 0.5) is 5.95 Å². The fourth-order valence-corrected chi connectivity index (χ4v) is 3.74. The van der Waals surface area contributed by atoms with Gasteiger partial charge in [-0.3, -0.25) is 5.10 Å². The normalized spacial score (nSPS) is 25.3. The zero-order valence-electron chi connectivity index (χ0n) is 13.3. The number of fused-ring (bicyclic) bond motifs is 1. The molecule has 2 aliphatic rings. The lowest BCUT2D eigenvalue weighted by Crippen LogP contribution is -2.45. The van der Waals surface area contributed by atoms with E-state index >= 15 is 0 Å². The van der Waals surface area contributed by atoms with E-state index in [2.05, 4.69) is 27.3 Å². The predicted molar refractivity (Wildman–Crippen MR) is 85.6 cm³/mol. The van der Waals surface area contributed by atoms with Gasteiger partial charge in [-0.1, -0.05) is 32.6 Å². The molecule has 5 nitrogen and oxygen atoms in total. The number of unbranched alkanes of at least 4 members (excludes halogenated alkanes) is 4. The Balaban J connectivity index is 1.52. The number of nitrogens with zero attached hydrogens (tertiary/aromatic N) is 3. The van der Waals surface area contributed by atoms with Gasteiger partial charge in [-0.25, -0.2) is 0 Å². The first-order valence-corrected chi connectivity index (χ1v) is 8.77. The molecular formula is C16H29N5. The number of aromatic nitrogens is 3. The number of aromatic amines is 1. The number of hydrogen-bond acceptors (Lipinski definition) is 4. The maximum atomic E-state index is 4.74. The van der Waals surface area contributed by atoms with Crippen LogP contribution in [0.3, 0.4) is 0 Å². The molecular weight excluding hydrogens is 262 g/mol. The van der Waals surface area contributed by atoms with Gasteiger partial charge in [0.15, 0.2) is 0 Å². The summed E-state index contributed by atoms with van der Waals surface area (Å²) < 4.78 is 0. The van der Waals surface area contributed by atoms with Gasteiger partial charge in [-0.2, -0.15) is 4.98 Å². The van der Waals surface area contributed by atoms with Crippen molar-refractivity contribution in [1.82, 2.24) is 20.5 Å². The summed E-state index contributed by atoms with van der Waals surface area (Å²) in [5.74, 6) is 2.78. The molecule has 2 fully saturated rings. The molecule has 1 aromatic rings. The van der Waals surface area contributed by atoms with Gasteiger partial charge in [-0.15, -0.1) is 5.10 Å². The predicted octanol–water partition coefficient (Wildman–Crippen LogP) is 2.51. The van der Waals surface area contributed by atoms with E-state index in [-0.39, 0.29) is 0 Å². The molecule has 3 rings (SSSR count). The summed E-state index contributed by atoms with van der Waals surface area (Å²) in [6, 6.07) is 0.604. The average Bonchev–Trinajstić information content (AvgIpc) is 3.15. The number of piperidine rings is 1. The molecule has 0 radical (unpaired) electrons. The minimum Gasteiger partial charge on any atom is -0.335 e. The first-order chi connectivity index (χ1) is 10.4. The van der Waals surface area contributed by atoms with Crippen molar-refractivity contribution in [3.8, 4) is 0 Å². The third kappa shape index (κ3) is 3.57. The second-order valence-electron chi connectivity index (χ2n) is 6.57. The molecule has 2 aliphatic heterocycles. The Kier molecular flexibility index (Phi) is 5.12. The molecule has 0 aliphatic carbocycles. The van der Waals surface area contributed by atoms with Gasteiger partial charge >= 0.3 is 0 Å². The second-order valence-corrected chi connectivity index (χ2v) is 6.57. The molecule has 0 aromatic carbocycles. The molecule has 2 saturated heterocycles. The fourth-order valence-electron chi connectivity index (χ4n) is 3.74. The van der Waals surface area contributed by atoms with Crippen molar-refractivity contribution < 1.29 is 0 Å². The smallest absolute Gasteiger partial charge is 0.245 e. The van der Waals surface area contributed by atoms with Gasteiger partial charge in [0.2, 0.25) is 5.95 Å². The summed E-state index contributed by atoms with van der Waals surface area (Å²) in [5, 5.41) is 11.1. The van der Waals surface area contributed by atoms with Crippen molar-refractivity contribution in [3.63, 3.8) is 0 Å². The first-order valence-electron chi connectivity index (χ1n) is 8.77. The maximum Gasteiger partial charge on any atom is 0.245 e. The molecule has 118 valence electrons. The quantitative estimate of drug-likeness (QED) is 0.758. The third-order valence-corrected chi connectivity index (χ3v) is 4.97. The first kappa shape index (κ1) is 14.8. The van der Waals surface area contributed by atoms with Gasteiger partial charge in [0.05, 0.1) is 0 Å². The van der Waals surface area contributed by atoms with Gasteiger partial charge in [-0.05, 0) is 25.2 Å². The SMILES string of the molecule is CCCCCCCc1nc(N2CCCC3CNCC32)n[nH]1. The molecule has 21 heavy (non-hydrogen) atoms. The number of rotatable bonds is 7. The van der Waals surface area contributed by atoms with E-state index in [0.717, 1.165) is 43.7 Å². The fraction of sp³-hybridized carbons (Fsp3) is 0.875. The standard InChI is InChI=1S/C16H29N5/c1-2-3-4-5-6-9-15-18-16(20-19-15)21-10-7-8-13-11-17-12-14(13)21/h13-14,17H,2-12H2,1H3,(H,18,19,20). The molecule has 5 heteroatoms. The highest BCUT2D eigenvalue weighted by Crippen LogP contribution is 2.29. The van der Waals surface area contributed by atoms with E-state index in [0.29, 0.717) is 6.04 Å². The summed E-state index contributed by atoms with van der Waals surface area (Å²) in [6.07, 6.45) is 10.2. The van der Waals surface area contributed by atoms with Crippen molar-refractivity contribution in [2.75, 3.05) is 24.5 Å². The molecule has 0 saturated carbocycles. The highest BCUT2D eigenvalue weighted by Gasteiger charge is 2.36. The number of hydrogen-bond donors (Lipinski definition) is 2. The lowest BCUT2D eigenvalue weighted by Gasteiger charge is -2.36. The van der Waals surface area contributed by atoms with Gasteiger partial charge in [0.25, 0.3) is 0 Å². The molecule has 2 unspecified atom stereocenters. The van der Waals surface area contributed by atoms with Crippen molar-refractivity contribution in [3.05, 3.63) is 5.82 Å². The van der Waals surface area contributed by atoms with Crippen molar-refractivity contribution in [2.24, 2.45) is 5.92 Å². The molecule has 0 spiro atoms. The van der Waals surface area contributed by atoms with Crippen LogP contribution < -0.4 is 10.2 Å². The van der Waals surface area contributed by atoms with Crippen LogP contribution in [0.25, 0.3) is 0 Å². The highest BCUT2D eigenvalue weighted by atomic mass is 15.4. The van der Waals surface area contributed by atoms with E-state index in [4.69, 9.17) is 4.98 Å². The molecule has 2 N–H and O–H groups in total. The van der Waals surface area contributed by atoms with Crippen LogP contribution in [0, 0.1) is 5.92 Å². The Bertz CT molecular complexity index is 430. The molecule has 2 atom stereocenters. The minimum absolute atomic E-state index is 0.604. The number of aryl methyl sites for hydroxylation is 1. The van der Waals surface area contributed by atoms with Crippen molar-refractivity contribution >= 4 is 5.95 Å². The lowest BCUT2D eigenvalue weighted by molar-refractivity contribution is 0.381. The second kappa shape index (κ2) is 7.25. The Morgan fingerprint density at radius 2 is 2.10 bits per heavy atom. The Morgan fingerprint density at radius 3 is 3.00 bits per heavy atom. The number of nitrogens with one attached hydrogen (secondary N) is 2. The van der Waals surface area contributed by atoms with Crippen LogP contribution in [0.15, 0.2) is 0 Å². The molecule has 0 bridgehead atoms. The van der Waals surface area contributed by atoms with Crippen LogP contribution in [-0.2, 0) is 6.42 Å². The zero-order chi connectivity index (χ0) is 14.5. The van der Waals surface area contributed by atoms with E-state index in [1.807, 2.05) is 0 Å². The number of anilines is 1. The lowest BCUT2D eigenvalue weighted by atomic mass is 9.92. The molecule has 1 aromatic heterocycles. The minimum atomic E-state index is 0.604. The topological polar surface area (TPSA) is 56.8 Å². The summed E-state index contributed by atoms with van der Waals surface area (Å²) in [5.41, 5.74) is 0. The summed E-state index contributed by atoms with van der Waals surface area (Å²) in [6.45, 7) is 5.62. The van der Waals surface area contributed by atoms with Gasteiger partial charge < -0.3 is 10.2 Å². The van der Waals surface area contributed by atoms with Gasteiger partial charge in [0.1, 0.15) is 5.82 Å². The van der Waals surface area contributed by atoms with Gasteiger partial charge in [0, 0.05) is 32.1 Å². The Labute approximate surface area is 127 Å². The summed E-state index contributed by atoms with van der Waals surface area (Å²) >= 11 is 0. The highest BCUT2D eigenvalue weighted by molar-refractivity contribution is 5.33. The van der Waals surface area contributed by atoms with E-state index in [1.54, 1.807) is 0 Å². The largest absolute Gasteiger partial charge is 0.335 e. The van der Waals surface area contributed by atoms with Crippen LogP contribution in [-0.4, -0.2) is 40.9 Å². The van der Waals surface area contributed by atoms with Crippen LogP contribution in [0.5, 0.6) is 0 Å². The van der Waals surface area contributed by atoms with E-state index in [1.165, 1.54) is 44.9 Å². The van der Waals surface area contributed by atoms with Crippen molar-refractivity contribution in [1.29, 1.82) is 0 Å². The Hall–Kier alpha value is -1.10. The average molecular weight is 291 g/mol. The summed E-state index contributed by atoms with van der Waals surface area (Å²) in [4.78, 5) is 7.17. The van der Waals surface area contributed by atoms with E-state index in [9.17, 15) is 0 Å². The maximum absolute atomic E-state index is 4.74.